The van der Waals surface area contributed by atoms with Gasteiger partial charge in [0.25, 0.3) is 0 Å². The lowest BCUT2D eigenvalue weighted by Crippen LogP contribution is -2.12. The molecule has 0 heterocycles. The van der Waals surface area contributed by atoms with Gasteiger partial charge >= 0.3 is 5.97 Å². The number of carbonyl (C=O) groups excluding carboxylic acids is 1. The van der Waals surface area contributed by atoms with Crippen LogP contribution in [0, 0.1) is 5.41 Å². The first-order valence-corrected chi connectivity index (χ1v) is 5.73. The zero-order valence-corrected chi connectivity index (χ0v) is 10.1. The predicted octanol–water partition coefficient (Wildman–Crippen LogP) is 3.71. The van der Waals surface area contributed by atoms with Gasteiger partial charge in [0.15, 0.2) is 0 Å². The van der Waals surface area contributed by atoms with Crippen molar-refractivity contribution in [2.45, 2.75) is 20.3 Å². The minimum atomic E-state index is -0.304. The number of hydrogen-bond acceptors (Lipinski definition) is 2. The fourth-order valence-corrected chi connectivity index (χ4v) is 1.62. The molecule has 2 rings (SSSR count). The summed E-state index contributed by atoms with van der Waals surface area (Å²) in [5.74, 6) is 0.333. The van der Waals surface area contributed by atoms with Crippen LogP contribution in [0.15, 0.2) is 54.3 Å². The molecule has 0 amide bonds. The van der Waals surface area contributed by atoms with Gasteiger partial charge in [0.2, 0.25) is 0 Å². The summed E-state index contributed by atoms with van der Waals surface area (Å²) < 4.78 is 5.31. The SMILES string of the molecule is CC1(C)C=CC(OC(=O)c2ccccc2)=CC1. The summed E-state index contributed by atoms with van der Waals surface area (Å²) in [6, 6.07) is 9.02. The molecule has 1 aromatic carbocycles. The zero-order valence-electron chi connectivity index (χ0n) is 10.1. The van der Waals surface area contributed by atoms with E-state index in [1.807, 2.05) is 30.4 Å². The Morgan fingerprint density at radius 2 is 1.94 bits per heavy atom. The van der Waals surface area contributed by atoms with Crippen molar-refractivity contribution in [2.24, 2.45) is 5.41 Å². The van der Waals surface area contributed by atoms with E-state index in [1.54, 1.807) is 12.1 Å². The van der Waals surface area contributed by atoms with Crippen LogP contribution in [-0.2, 0) is 4.74 Å². The van der Waals surface area contributed by atoms with E-state index in [2.05, 4.69) is 19.9 Å². The van der Waals surface area contributed by atoms with Crippen molar-refractivity contribution in [3.8, 4) is 0 Å². The second-order valence-electron chi connectivity index (χ2n) is 4.89. The molecule has 1 aliphatic carbocycles. The van der Waals surface area contributed by atoms with Crippen molar-refractivity contribution in [3.63, 3.8) is 0 Å². The first kappa shape index (κ1) is 11.6. The van der Waals surface area contributed by atoms with Gasteiger partial charge in [-0.25, -0.2) is 4.79 Å². The van der Waals surface area contributed by atoms with Crippen LogP contribution in [0.3, 0.4) is 0 Å². The van der Waals surface area contributed by atoms with Gasteiger partial charge in [-0.3, -0.25) is 0 Å². The van der Waals surface area contributed by atoms with E-state index in [0.717, 1.165) is 6.42 Å². The Morgan fingerprint density at radius 1 is 1.24 bits per heavy atom. The Bertz CT molecular complexity index is 467. The first-order chi connectivity index (χ1) is 8.07. The highest BCUT2D eigenvalue weighted by Crippen LogP contribution is 2.28. The molecule has 0 bridgehead atoms. The molecule has 0 aliphatic heterocycles. The highest BCUT2D eigenvalue weighted by atomic mass is 16.5. The molecule has 88 valence electrons. The maximum absolute atomic E-state index is 11.8. The number of hydrogen-bond donors (Lipinski definition) is 0. The van der Waals surface area contributed by atoms with Crippen molar-refractivity contribution < 1.29 is 9.53 Å². The van der Waals surface area contributed by atoms with Crippen molar-refractivity contribution in [1.29, 1.82) is 0 Å². The average Bonchev–Trinajstić information content (AvgIpc) is 2.33. The van der Waals surface area contributed by atoms with Gasteiger partial charge in [0, 0.05) is 0 Å². The predicted molar refractivity (Wildman–Crippen MR) is 67.5 cm³/mol. The summed E-state index contributed by atoms with van der Waals surface area (Å²) in [6.07, 6.45) is 6.78. The smallest absolute Gasteiger partial charge is 0.343 e. The number of carbonyl (C=O) groups is 1. The van der Waals surface area contributed by atoms with Crippen LogP contribution in [-0.4, -0.2) is 5.97 Å². The van der Waals surface area contributed by atoms with E-state index in [4.69, 9.17) is 4.74 Å². The second-order valence-corrected chi connectivity index (χ2v) is 4.89. The molecule has 0 N–H and O–H groups in total. The lowest BCUT2D eigenvalue weighted by atomic mass is 9.86. The number of allylic oxidation sites excluding steroid dienone is 3. The number of esters is 1. The fourth-order valence-electron chi connectivity index (χ4n) is 1.62. The lowest BCUT2D eigenvalue weighted by Gasteiger charge is -2.22. The quantitative estimate of drug-likeness (QED) is 0.721. The summed E-state index contributed by atoms with van der Waals surface area (Å²) in [5.41, 5.74) is 0.731. The fraction of sp³-hybridized carbons (Fsp3) is 0.267. The summed E-state index contributed by atoms with van der Waals surface area (Å²) in [7, 11) is 0. The minimum absolute atomic E-state index is 0.155. The minimum Gasteiger partial charge on any atom is -0.423 e. The van der Waals surface area contributed by atoms with Crippen LogP contribution >= 0.6 is 0 Å². The Kier molecular flexibility index (Phi) is 3.14. The molecule has 0 atom stereocenters. The summed E-state index contributed by atoms with van der Waals surface area (Å²) in [5, 5.41) is 0. The standard InChI is InChI=1S/C15H16O2/c1-15(2)10-8-13(9-11-15)17-14(16)12-6-4-3-5-7-12/h3-10H,11H2,1-2H3. The number of rotatable bonds is 2. The van der Waals surface area contributed by atoms with Gasteiger partial charge in [-0.05, 0) is 36.1 Å². The van der Waals surface area contributed by atoms with Crippen LogP contribution in [0.4, 0.5) is 0 Å². The van der Waals surface area contributed by atoms with E-state index in [1.165, 1.54) is 0 Å². The summed E-state index contributed by atoms with van der Waals surface area (Å²) >= 11 is 0. The molecule has 1 aliphatic rings. The van der Waals surface area contributed by atoms with Crippen molar-refractivity contribution in [1.82, 2.24) is 0 Å². The Hall–Kier alpha value is -1.83. The molecule has 0 aromatic heterocycles. The highest BCUT2D eigenvalue weighted by molar-refractivity contribution is 5.90. The van der Waals surface area contributed by atoms with Crippen LogP contribution < -0.4 is 0 Å². The third-order valence-corrected chi connectivity index (χ3v) is 2.75. The van der Waals surface area contributed by atoms with Crippen LogP contribution in [0.1, 0.15) is 30.6 Å². The van der Waals surface area contributed by atoms with Crippen molar-refractivity contribution >= 4 is 5.97 Å². The molecule has 0 saturated carbocycles. The third-order valence-electron chi connectivity index (χ3n) is 2.75. The van der Waals surface area contributed by atoms with Gasteiger partial charge in [0.1, 0.15) is 5.76 Å². The molecule has 0 unspecified atom stereocenters. The van der Waals surface area contributed by atoms with Gasteiger partial charge < -0.3 is 4.74 Å². The van der Waals surface area contributed by atoms with Gasteiger partial charge in [0.05, 0.1) is 5.56 Å². The van der Waals surface area contributed by atoms with Crippen molar-refractivity contribution in [3.05, 3.63) is 59.9 Å². The van der Waals surface area contributed by atoms with Gasteiger partial charge in [-0.1, -0.05) is 38.1 Å². The van der Waals surface area contributed by atoms with E-state index in [-0.39, 0.29) is 11.4 Å². The van der Waals surface area contributed by atoms with E-state index >= 15 is 0 Å². The zero-order chi connectivity index (χ0) is 12.3. The highest BCUT2D eigenvalue weighted by Gasteiger charge is 2.18. The van der Waals surface area contributed by atoms with Gasteiger partial charge in [-0.2, -0.15) is 0 Å². The molecule has 0 radical (unpaired) electrons. The van der Waals surface area contributed by atoms with Crippen molar-refractivity contribution in [2.75, 3.05) is 0 Å². The first-order valence-electron chi connectivity index (χ1n) is 5.73. The van der Waals surface area contributed by atoms with Crippen LogP contribution in [0.25, 0.3) is 0 Å². The van der Waals surface area contributed by atoms with E-state index < -0.39 is 0 Å². The monoisotopic (exact) mass is 228 g/mol. The lowest BCUT2D eigenvalue weighted by molar-refractivity contribution is 0.0633. The molecule has 0 saturated heterocycles. The topological polar surface area (TPSA) is 26.3 Å². The molecule has 2 nitrogen and oxygen atoms in total. The molecule has 1 aromatic rings. The number of ether oxygens (including phenoxy) is 1. The molecule has 2 heteroatoms. The molecule has 17 heavy (non-hydrogen) atoms. The Morgan fingerprint density at radius 3 is 2.53 bits per heavy atom. The van der Waals surface area contributed by atoms with E-state index in [0.29, 0.717) is 11.3 Å². The molecular weight excluding hydrogens is 212 g/mol. The maximum atomic E-state index is 11.8. The largest absolute Gasteiger partial charge is 0.423 e. The van der Waals surface area contributed by atoms with Crippen LogP contribution in [0.5, 0.6) is 0 Å². The summed E-state index contributed by atoms with van der Waals surface area (Å²) in [6.45, 7) is 4.30. The van der Waals surface area contributed by atoms with Gasteiger partial charge in [-0.15, -0.1) is 0 Å². The maximum Gasteiger partial charge on any atom is 0.343 e. The Balaban J connectivity index is 2.02. The van der Waals surface area contributed by atoms with Crippen LogP contribution in [0.2, 0.25) is 0 Å². The molecular formula is C15H16O2. The average molecular weight is 228 g/mol. The molecule has 0 fully saturated rings. The normalized spacial score (nSPS) is 17.4. The third kappa shape index (κ3) is 3.06. The second kappa shape index (κ2) is 4.58. The summed E-state index contributed by atoms with van der Waals surface area (Å²) in [4.78, 5) is 11.8. The number of benzene rings is 1. The van der Waals surface area contributed by atoms with E-state index in [9.17, 15) is 4.79 Å². The molecule has 0 spiro atoms. The Labute approximate surface area is 102 Å².